The van der Waals surface area contributed by atoms with E-state index in [1.807, 2.05) is 19.9 Å². The second-order valence-corrected chi connectivity index (χ2v) is 3.29. The number of carbonyl (C=O) groups is 1. The summed E-state index contributed by atoms with van der Waals surface area (Å²) in [5, 5.41) is 3.81. The lowest BCUT2D eigenvalue weighted by molar-refractivity contribution is 0.0280. The molecule has 2 heterocycles. The molecular formula is C10H11NO3. The number of rotatable bonds is 1. The Morgan fingerprint density at radius 1 is 1.57 bits per heavy atom. The van der Waals surface area contributed by atoms with Crippen LogP contribution in [0, 0.1) is 0 Å². The molecule has 1 aromatic rings. The first-order valence-corrected chi connectivity index (χ1v) is 4.54. The molecule has 14 heavy (non-hydrogen) atoms. The number of carbonyl (C=O) groups excluding carboxylic acids is 1. The molecule has 1 atom stereocenters. The molecule has 0 bridgehead atoms. The largest absolute Gasteiger partial charge is 0.458 e. The zero-order chi connectivity index (χ0) is 10.1. The van der Waals surface area contributed by atoms with Crippen molar-refractivity contribution in [3.05, 3.63) is 23.1 Å². The van der Waals surface area contributed by atoms with E-state index in [0.29, 0.717) is 23.4 Å². The van der Waals surface area contributed by atoms with E-state index in [-0.39, 0.29) is 12.1 Å². The second kappa shape index (κ2) is 3.29. The van der Waals surface area contributed by atoms with Gasteiger partial charge in [0, 0.05) is 6.42 Å². The summed E-state index contributed by atoms with van der Waals surface area (Å²) in [6.07, 6.45) is 4.02. The normalized spacial score (nSPS) is 21.0. The molecule has 1 aliphatic rings. The van der Waals surface area contributed by atoms with Gasteiger partial charge in [-0.15, -0.1) is 0 Å². The van der Waals surface area contributed by atoms with Crippen molar-refractivity contribution < 1.29 is 14.1 Å². The lowest BCUT2D eigenvalue weighted by atomic mass is 10.1. The Balaban J connectivity index is 2.46. The number of hydrogen-bond acceptors (Lipinski definition) is 4. The molecule has 0 fully saturated rings. The van der Waals surface area contributed by atoms with Gasteiger partial charge < -0.3 is 9.26 Å². The fraction of sp³-hybridized carbons (Fsp3) is 0.400. The van der Waals surface area contributed by atoms with Crippen LogP contribution in [0.3, 0.4) is 0 Å². The summed E-state index contributed by atoms with van der Waals surface area (Å²) in [6.45, 7) is 3.69. The van der Waals surface area contributed by atoms with Crippen molar-refractivity contribution in [2.75, 3.05) is 0 Å². The highest BCUT2D eigenvalue weighted by molar-refractivity contribution is 5.94. The molecule has 2 rings (SSSR count). The predicted octanol–water partition coefficient (Wildman–Crippen LogP) is 1.81. The van der Waals surface area contributed by atoms with Crippen LogP contribution in [-0.4, -0.2) is 17.2 Å². The minimum absolute atomic E-state index is 0.124. The van der Waals surface area contributed by atoms with Crippen molar-refractivity contribution in [1.82, 2.24) is 5.16 Å². The average molecular weight is 193 g/mol. The van der Waals surface area contributed by atoms with Crippen LogP contribution in [0.2, 0.25) is 0 Å². The maximum absolute atomic E-state index is 11.5. The number of nitrogens with zero attached hydrogens (tertiary/aromatic N) is 1. The number of fused-ring (bicyclic) bond motifs is 1. The first-order chi connectivity index (χ1) is 6.72. The minimum atomic E-state index is -0.340. The van der Waals surface area contributed by atoms with E-state index in [1.54, 1.807) is 6.08 Å². The minimum Gasteiger partial charge on any atom is -0.458 e. The summed E-state index contributed by atoms with van der Waals surface area (Å²) in [4.78, 5) is 11.5. The zero-order valence-corrected chi connectivity index (χ0v) is 8.11. The molecule has 0 aromatic carbocycles. The molecule has 0 saturated heterocycles. The van der Waals surface area contributed by atoms with Gasteiger partial charge in [-0.1, -0.05) is 11.2 Å². The van der Waals surface area contributed by atoms with Crippen molar-refractivity contribution in [2.45, 2.75) is 26.4 Å². The van der Waals surface area contributed by atoms with E-state index < -0.39 is 0 Å². The van der Waals surface area contributed by atoms with Crippen LogP contribution in [-0.2, 0) is 11.2 Å². The van der Waals surface area contributed by atoms with Gasteiger partial charge in [-0.05, 0) is 19.9 Å². The number of hydrogen-bond donors (Lipinski definition) is 0. The monoisotopic (exact) mass is 193 g/mol. The second-order valence-electron chi connectivity index (χ2n) is 3.29. The number of aromatic nitrogens is 1. The number of esters is 1. The van der Waals surface area contributed by atoms with E-state index >= 15 is 0 Å². The van der Waals surface area contributed by atoms with Crippen LogP contribution >= 0.6 is 0 Å². The summed E-state index contributed by atoms with van der Waals surface area (Å²) in [5.74, 6) is 0.287. The third kappa shape index (κ3) is 1.32. The van der Waals surface area contributed by atoms with E-state index in [9.17, 15) is 4.79 Å². The predicted molar refractivity (Wildman–Crippen MR) is 49.8 cm³/mol. The maximum atomic E-state index is 11.5. The summed E-state index contributed by atoms with van der Waals surface area (Å²) < 4.78 is 10.2. The molecule has 4 heteroatoms. The van der Waals surface area contributed by atoms with E-state index in [0.717, 1.165) is 0 Å². The van der Waals surface area contributed by atoms with Gasteiger partial charge in [-0.2, -0.15) is 0 Å². The molecule has 4 nitrogen and oxygen atoms in total. The van der Waals surface area contributed by atoms with Gasteiger partial charge in [0.15, 0.2) is 5.76 Å². The van der Waals surface area contributed by atoms with Gasteiger partial charge in [0.25, 0.3) is 0 Å². The van der Waals surface area contributed by atoms with Crippen LogP contribution in [0.5, 0.6) is 0 Å². The molecule has 0 spiro atoms. The first-order valence-electron chi connectivity index (χ1n) is 4.54. The molecular weight excluding hydrogens is 182 g/mol. The van der Waals surface area contributed by atoms with Crippen LogP contribution in [0.4, 0.5) is 0 Å². The highest BCUT2D eigenvalue weighted by Gasteiger charge is 2.30. The van der Waals surface area contributed by atoms with Gasteiger partial charge in [0.05, 0.1) is 0 Å². The van der Waals surface area contributed by atoms with Gasteiger partial charge in [0.1, 0.15) is 17.4 Å². The third-order valence-electron chi connectivity index (χ3n) is 2.10. The van der Waals surface area contributed by atoms with Crippen LogP contribution < -0.4 is 0 Å². The van der Waals surface area contributed by atoms with Gasteiger partial charge in [0.2, 0.25) is 0 Å². The zero-order valence-electron chi connectivity index (χ0n) is 8.11. The quantitative estimate of drug-likeness (QED) is 0.638. The SMILES string of the molecule is C/C=C/c1noc2c1C(=O)O[C@H](C)C2. The third-order valence-corrected chi connectivity index (χ3v) is 2.10. The molecule has 0 saturated carbocycles. The summed E-state index contributed by atoms with van der Waals surface area (Å²) in [5.41, 5.74) is 1.03. The Morgan fingerprint density at radius 2 is 2.36 bits per heavy atom. The summed E-state index contributed by atoms with van der Waals surface area (Å²) in [6, 6.07) is 0. The van der Waals surface area contributed by atoms with E-state index in [1.165, 1.54) is 0 Å². The number of allylic oxidation sites excluding steroid dienone is 1. The van der Waals surface area contributed by atoms with Crippen molar-refractivity contribution in [1.29, 1.82) is 0 Å². The number of cyclic esters (lactones) is 1. The Hall–Kier alpha value is -1.58. The Bertz CT molecular complexity index is 392. The standard InChI is InChI=1S/C10H11NO3/c1-3-4-7-9-8(14-11-7)5-6(2)13-10(9)12/h3-4,6H,5H2,1-2H3/b4-3+/t6-/m1/s1. The molecule has 1 aliphatic heterocycles. The topological polar surface area (TPSA) is 52.3 Å². The van der Waals surface area contributed by atoms with Crippen LogP contribution in [0.25, 0.3) is 6.08 Å². The molecule has 0 amide bonds. The average Bonchev–Trinajstić information content (AvgIpc) is 2.49. The van der Waals surface area contributed by atoms with Crippen molar-refractivity contribution in [2.24, 2.45) is 0 Å². The smallest absolute Gasteiger partial charge is 0.344 e. The van der Waals surface area contributed by atoms with Crippen molar-refractivity contribution >= 4 is 12.0 Å². The van der Waals surface area contributed by atoms with Gasteiger partial charge in [-0.25, -0.2) is 4.79 Å². The molecule has 0 aliphatic carbocycles. The Kier molecular flexibility index (Phi) is 2.11. The first kappa shape index (κ1) is 8.99. The molecule has 0 radical (unpaired) electrons. The molecule has 0 unspecified atom stereocenters. The highest BCUT2D eigenvalue weighted by atomic mass is 16.5. The van der Waals surface area contributed by atoms with Crippen molar-refractivity contribution in [3.63, 3.8) is 0 Å². The van der Waals surface area contributed by atoms with Crippen molar-refractivity contribution in [3.8, 4) is 0 Å². The summed E-state index contributed by atoms with van der Waals surface area (Å²) >= 11 is 0. The fourth-order valence-electron chi connectivity index (χ4n) is 1.51. The Morgan fingerprint density at radius 3 is 3.07 bits per heavy atom. The lowest BCUT2D eigenvalue weighted by Gasteiger charge is -2.16. The van der Waals surface area contributed by atoms with Gasteiger partial charge >= 0.3 is 5.97 Å². The Labute approximate surface area is 81.5 Å². The fourth-order valence-corrected chi connectivity index (χ4v) is 1.51. The molecule has 74 valence electrons. The highest BCUT2D eigenvalue weighted by Crippen LogP contribution is 2.24. The van der Waals surface area contributed by atoms with Crippen LogP contribution in [0.15, 0.2) is 10.6 Å². The van der Waals surface area contributed by atoms with Crippen LogP contribution in [0.1, 0.15) is 35.7 Å². The maximum Gasteiger partial charge on any atom is 0.344 e. The number of ether oxygens (including phenoxy) is 1. The van der Waals surface area contributed by atoms with E-state index in [2.05, 4.69) is 5.16 Å². The lowest BCUT2D eigenvalue weighted by Crippen LogP contribution is -2.24. The van der Waals surface area contributed by atoms with E-state index in [4.69, 9.17) is 9.26 Å². The summed E-state index contributed by atoms with van der Waals surface area (Å²) in [7, 11) is 0. The molecule has 1 aromatic heterocycles. The van der Waals surface area contributed by atoms with Gasteiger partial charge in [-0.3, -0.25) is 0 Å². The molecule has 0 N–H and O–H groups in total.